The van der Waals surface area contributed by atoms with Crippen molar-refractivity contribution in [3.8, 4) is 0 Å². The molecule has 0 saturated carbocycles. The summed E-state index contributed by atoms with van der Waals surface area (Å²) in [5.41, 5.74) is 3.54. The molecule has 1 aromatic rings. The van der Waals surface area contributed by atoms with Gasteiger partial charge < -0.3 is 15.5 Å². The Morgan fingerprint density at radius 3 is 2.54 bits per heavy atom. The Morgan fingerprint density at radius 1 is 1.38 bits per heavy atom. The van der Waals surface area contributed by atoms with Crippen LogP contribution in [0.15, 0.2) is 4.99 Å². The van der Waals surface area contributed by atoms with Crippen LogP contribution in [0.5, 0.6) is 0 Å². The number of aryl methyl sites for hydroxylation is 2. The van der Waals surface area contributed by atoms with Crippen LogP contribution in [0.2, 0.25) is 0 Å². The summed E-state index contributed by atoms with van der Waals surface area (Å²) in [6.07, 6.45) is 1.30. The molecule has 7 nitrogen and oxygen atoms in total. The van der Waals surface area contributed by atoms with Gasteiger partial charge in [0.2, 0.25) is 5.91 Å². The minimum absolute atomic E-state index is 0.0873. The van der Waals surface area contributed by atoms with Crippen molar-refractivity contribution < 1.29 is 4.79 Å². The van der Waals surface area contributed by atoms with Crippen molar-refractivity contribution in [3.05, 3.63) is 17.0 Å². The van der Waals surface area contributed by atoms with Crippen molar-refractivity contribution in [1.29, 1.82) is 0 Å². The third-order valence-corrected chi connectivity index (χ3v) is 3.99. The zero-order chi connectivity index (χ0) is 18.3. The maximum Gasteiger partial charge on any atom is 0.223 e. The molecule has 1 amide bonds. The second kappa shape index (κ2) is 9.30. The van der Waals surface area contributed by atoms with Crippen molar-refractivity contribution in [3.63, 3.8) is 0 Å². The van der Waals surface area contributed by atoms with Crippen LogP contribution in [0, 0.1) is 13.8 Å². The molecule has 0 aliphatic rings. The Hall–Kier alpha value is -2.05. The molecular weight excluding hydrogens is 304 g/mol. The van der Waals surface area contributed by atoms with Gasteiger partial charge in [0.05, 0.1) is 12.2 Å². The summed E-state index contributed by atoms with van der Waals surface area (Å²) in [5.74, 6) is 0.833. The largest absolute Gasteiger partial charge is 0.357 e. The minimum atomic E-state index is 0.0873. The predicted molar refractivity (Wildman–Crippen MR) is 98.3 cm³/mol. The van der Waals surface area contributed by atoms with Crippen LogP contribution >= 0.6 is 0 Å². The van der Waals surface area contributed by atoms with Crippen molar-refractivity contribution in [1.82, 2.24) is 25.3 Å². The molecule has 0 saturated heterocycles. The molecule has 1 atom stereocenters. The lowest BCUT2D eigenvalue weighted by atomic mass is 10.1. The molecule has 0 bridgehead atoms. The van der Waals surface area contributed by atoms with Crippen molar-refractivity contribution >= 4 is 11.9 Å². The van der Waals surface area contributed by atoms with Crippen LogP contribution in [0.4, 0.5) is 0 Å². The molecule has 0 radical (unpaired) electrons. The van der Waals surface area contributed by atoms with Gasteiger partial charge in [0.15, 0.2) is 5.96 Å². The Bertz CT molecular complexity index is 576. The van der Waals surface area contributed by atoms with Crippen molar-refractivity contribution in [2.75, 3.05) is 27.2 Å². The first-order valence-corrected chi connectivity index (χ1v) is 8.50. The summed E-state index contributed by atoms with van der Waals surface area (Å²) in [4.78, 5) is 17.7. The molecule has 0 aliphatic carbocycles. The van der Waals surface area contributed by atoms with E-state index in [2.05, 4.69) is 34.6 Å². The van der Waals surface area contributed by atoms with E-state index in [9.17, 15) is 4.79 Å². The third kappa shape index (κ3) is 5.86. The first kappa shape index (κ1) is 20.0. The van der Waals surface area contributed by atoms with Gasteiger partial charge in [-0.3, -0.25) is 14.5 Å². The van der Waals surface area contributed by atoms with Crippen LogP contribution in [-0.4, -0.2) is 59.8 Å². The maximum absolute atomic E-state index is 11.6. The second-order valence-electron chi connectivity index (χ2n) is 6.32. The summed E-state index contributed by atoms with van der Waals surface area (Å²) in [7, 11) is 5.49. The molecule has 0 fully saturated rings. The van der Waals surface area contributed by atoms with E-state index in [1.165, 1.54) is 11.3 Å². The lowest BCUT2D eigenvalue weighted by Crippen LogP contribution is -2.43. The van der Waals surface area contributed by atoms with Gasteiger partial charge in [-0.2, -0.15) is 5.10 Å². The van der Waals surface area contributed by atoms with Gasteiger partial charge in [-0.25, -0.2) is 0 Å². The summed E-state index contributed by atoms with van der Waals surface area (Å²) in [6, 6.07) is 0.217. The Kier molecular flexibility index (Phi) is 7.74. The van der Waals surface area contributed by atoms with Crippen LogP contribution in [0.1, 0.15) is 37.2 Å². The van der Waals surface area contributed by atoms with Crippen LogP contribution in [-0.2, 0) is 18.3 Å². The number of hydrogen-bond acceptors (Lipinski definition) is 3. The average Bonchev–Trinajstić information content (AvgIpc) is 2.73. The molecule has 1 heterocycles. The first-order chi connectivity index (χ1) is 11.3. The molecule has 1 rings (SSSR count). The van der Waals surface area contributed by atoms with Gasteiger partial charge in [-0.05, 0) is 39.7 Å². The minimum Gasteiger partial charge on any atom is -0.357 e. The number of guanidine groups is 1. The van der Waals surface area contributed by atoms with E-state index in [0.717, 1.165) is 24.6 Å². The Morgan fingerprint density at radius 2 is 2.04 bits per heavy atom. The van der Waals surface area contributed by atoms with Crippen LogP contribution < -0.4 is 10.6 Å². The average molecular weight is 336 g/mol. The fourth-order valence-corrected chi connectivity index (χ4v) is 2.51. The monoisotopic (exact) mass is 336 g/mol. The zero-order valence-electron chi connectivity index (χ0n) is 16.1. The molecule has 7 heteroatoms. The fourth-order valence-electron chi connectivity index (χ4n) is 2.51. The summed E-state index contributed by atoms with van der Waals surface area (Å²) < 4.78 is 1.92. The van der Waals surface area contributed by atoms with Gasteiger partial charge in [0.1, 0.15) is 0 Å². The number of nitrogens with one attached hydrogen (secondary N) is 2. The molecule has 0 spiro atoms. The van der Waals surface area contributed by atoms with Gasteiger partial charge in [0.25, 0.3) is 0 Å². The number of aliphatic imine (C=N–C) groups is 1. The highest BCUT2D eigenvalue weighted by Crippen LogP contribution is 2.14. The second-order valence-corrected chi connectivity index (χ2v) is 6.32. The summed E-state index contributed by atoms with van der Waals surface area (Å²) in [6.45, 7) is 9.55. The van der Waals surface area contributed by atoms with E-state index < -0.39 is 0 Å². The number of rotatable bonds is 7. The molecular formula is C17H32N6O. The quantitative estimate of drug-likeness (QED) is 0.575. The summed E-state index contributed by atoms with van der Waals surface area (Å²) in [5, 5.41) is 11.1. The molecule has 136 valence electrons. The zero-order valence-corrected chi connectivity index (χ0v) is 16.1. The van der Waals surface area contributed by atoms with Crippen molar-refractivity contribution in [2.45, 2.75) is 46.6 Å². The standard InChI is InChI=1S/C17H32N6O/c1-8-18-17(19-10-9-16(24)22(5)6)20-12(2)11-15-13(3)21-23(7)14(15)4/h12H,8-11H2,1-7H3,(H2,18,19,20). The topological polar surface area (TPSA) is 74.6 Å². The predicted octanol–water partition coefficient (Wildman–Crippen LogP) is 1.00. The van der Waals surface area contributed by atoms with Gasteiger partial charge in [-0.15, -0.1) is 0 Å². The van der Waals surface area contributed by atoms with Crippen LogP contribution in [0.3, 0.4) is 0 Å². The van der Waals surface area contributed by atoms with Gasteiger partial charge in [-0.1, -0.05) is 0 Å². The van der Waals surface area contributed by atoms with E-state index in [1.807, 2.05) is 25.6 Å². The number of carbonyl (C=O) groups excluding carboxylic acids is 1. The van der Waals surface area contributed by atoms with Gasteiger partial charge >= 0.3 is 0 Å². The lowest BCUT2D eigenvalue weighted by molar-refractivity contribution is -0.128. The molecule has 1 aromatic heterocycles. The SMILES string of the molecule is CCNC(=NCCC(=O)N(C)C)NC(C)Cc1c(C)nn(C)c1C. The van der Waals surface area contributed by atoms with E-state index in [4.69, 9.17) is 0 Å². The number of amides is 1. The number of aromatic nitrogens is 2. The van der Waals surface area contributed by atoms with Crippen LogP contribution in [0.25, 0.3) is 0 Å². The van der Waals surface area contributed by atoms with E-state index in [-0.39, 0.29) is 11.9 Å². The summed E-state index contributed by atoms with van der Waals surface area (Å²) >= 11 is 0. The van der Waals surface area contributed by atoms with E-state index >= 15 is 0 Å². The molecule has 2 N–H and O–H groups in total. The van der Waals surface area contributed by atoms with Crippen molar-refractivity contribution in [2.24, 2.45) is 12.0 Å². The lowest BCUT2D eigenvalue weighted by Gasteiger charge is -2.18. The highest BCUT2D eigenvalue weighted by molar-refractivity contribution is 5.81. The Labute approximate surface area is 145 Å². The Balaban J connectivity index is 2.65. The molecule has 24 heavy (non-hydrogen) atoms. The third-order valence-electron chi connectivity index (χ3n) is 3.99. The number of carbonyl (C=O) groups is 1. The molecule has 0 aromatic carbocycles. The first-order valence-electron chi connectivity index (χ1n) is 8.50. The molecule has 0 aliphatic heterocycles. The van der Waals surface area contributed by atoms with E-state index in [1.54, 1.807) is 19.0 Å². The highest BCUT2D eigenvalue weighted by Gasteiger charge is 2.14. The fraction of sp³-hybridized carbons (Fsp3) is 0.706. The number of hydrogen-bond donors (Lipinski definition) is 2. The molecule has 1 unspecified atom stereocenters. The van der Waals surface area contributed by atoms with E-state index in [0.29, 0.717) is 13.0 Å². The van der Waals surface area contributed by atoms with Gasteiger partial charge in [0, 0.05) is 45.8 Å². The highest BCUT2D eigenvalue weighted by atomic mass is 16.2. The maximum atomic E-state index is 11.6. The number of nitrogens with zero attached hydrogens (tertiary/aromatic N) is 4. The normalized spacial score (nSPS) is 12.9. The smallest absolute Gasteiger partial charge is 0.223 e.